The van der Waals surface area contributed by atoms with E-state index < -0.39 is 4.92 Å². The SMILES string of the molecule is COc1ccc(C(CN)c2ccc([N+](=O)[O-])cc2)cc1O. The summed E-state index contributed by atoms with van der Waals surface area (Å²) in [5, 5.41) is 20.5. The van der Waals surface area contributed by atoms with Crippen molar-refractivity contribution in [2.75, 3.05) is 13.7 Å². The lowest BCUT2D eigenvalue weighted by atomic mass is 9.91. The van der Waals surface area contributed by atoms with Gasteiger partial charge in [-0.15, -0.1) is 0 Å². The molecule has 0 amide bonds. The van der Waals surface area contributed by atoms with E-state index >= 15 is 0 Å². The van der Waals surface area contributed by atoms with Gasteiger partial charge in [0, 0.05) is 24.6 Å². The first-order valence-electron chi connectivity index (χ1n) is 6.38. The molecule has 1 unspecified atom stereocenters. The van der Waals surface area contributed by atoms with Gasteiger partial charge < -0.3 is 15.6 Å². The lowest BCUT2D eigenvalue weighted by Gasteiger charge is -2.16. The van der Waals surface area contributed by atoms with Crippen LogP contribution < -0.4 is 10.5 Å². The Morgan fingerprint density at radius 1 is 1.24 bits per heavy atom. The molecule has 6 heteroatoms. The molecule has 0 saturated carbocycles. The molecule has 0 spiro atoms. The van der Waals surface area contributed by atoms with E-state index in [0.29, 0.717) is 12.3 Å². The second kappa shape index (κ2) is 6.23. The number of benzene rings is 2. The summed E-state index contributed by atoms with van der Waals surface area (Å²) in [6.07, 6.45) is 0. The lowest BCUT2D eigenvalue weighted by Crippen LogP contribution is -2.13. The Bertz CT molecular complexity index is 641. The summed E-state index contributed by atoms with van der Waals surface area (Å²) in [5.41, 5.74) is 7.52. The first kappa shape index (κ1) is 14.8. The van der Waals surface area contributed by atoms with Crippen molar-refractivity contribution in [3.63, 3.8) is 0 Å². The van der Waals surface area contributed by atoms with Crippen LogP contribution in [0.5, 0.6) is 11.5 Å². The molecule has 2 aromatic carbocycles. The van der Waals surface area contributed by atoms with Crippen LogP contribution in [0.15, 0.2) is 42.5 Å². The zero-order chi connectivity index (χ0) is 15.4. The van der Waals surface area contributed by atoms with E-state index in [9.17, 15) is 15.2 Å². The standard InChI is InChI=1S/C15H16N2O4/c1-21-15-7-4-11(8-14(15)18)13(9-16)10-2-5-12(6-3-10)17(19)20/h2-8,13,18H,9,16H2,1H3. The Balaban J connectivity index is 2.34. The minimum atomic E-state index is -0.444. The Morgan fingerprint density at radius 3 is 2.33 bits per heavy atom. The normalized spacial score (nSPS) is 11.9. The maximum atomic E-state index is 10.7. The summed E-state index contributed by atoms with van der Waals surface area (Å²) >= 11 is 0. The van der Waals surface area contributed by atoms with Crippen molar-refractivity contribution in [3.8, 4) is 11.5 Å². The summed E-state index contributed by atoms with van der Waals surface area (Å²) in [7, 11) is 1.48. The fraction of sp³-hybridized carbons (Fsp3) is 0.200. The average Bonchev–Trinajstić information content (AvgIpc) is 2.49. The lowest BCUT2D eigenvalue weighted by molar-refractivity contribution is -0.384. The number of methoxy groups -OCH3 is 1. The van der Waals surface area contributed by atoms with Gasteiger partial charge in [0.25, 0.3) is 5.69 Å². The van der Waals surface area contributed by atoms with Gasteiger partial charge >= 0.3 is 0 Å². The predicted molar refractivity (Wildman–Crippen MR) is 78.7 cm³/mol. The molecular formula is C15H16N2O4. The molecule has 3 N–H and O–H groups in total. The number of nitro benzene ring substituents is 1. The highest BCUT2D eigenvalue weighted by Crippen LogP contribution is 2.32. The minimum Gasteiger partial charge on any atom is -0.504 e. The van der Waals surface area contributed by atoms with Crippen LogP contribution in [-0.2, 0) is 0 Å². The molecule has 0 aliphatic rings. The van der Waals surface area contributed by atoms with Crippen LogP contribution in [0.2, 0.25) is 0 Å². The minimum absolute atomic E-state index is 0.0344. The Labute approximate surface area is 121 Å². The Hall–Kier alpha value is -2.60. The van der Waals surface area contributed by atoms with E-state index in [-0.39, 0.29) is 17.4 Å². The monoisotopic (exact) mass is 288 g/mol. The van der Waals surface area contributed by atoms with Crippen LogP contribution in [0.25, 0.3) is 0 Å². The molecule has 0 bridgehead atoms. The third-order valence-electron chi connectivity index (χ3n) is 3.35. The topological polar surface area (TPSA) is 98.6 Å². The van der Waals surface area contributed by atoms with Crippen molar-refractivity contribution >= 4 is 5.69 Å². The first-order valence-corrected chi connectivity index (χ1v) is 6.38. The molecule has 2 rings (SSSR count). The number of nitrogens with two attached hydrogens (primary N) is 1. The molecule has 0 heterocycles. The van der Waals surface area contributed by atoms with Crippen LogP contribution in [-0.4, -0.2) is 23.7 Å². The van der Waals surface area contributed by atoms with Gasteiger partial charge in [-0.1, -0.05) is 18.2 Å². The summed E-state index contributed by atoms with van der Waals surface area (Å²) in [5.74, 6) is 0.274. The van der Waals surface area contributed by atoms with E-state index in [4.69, 9.17) is 10.5 Å². The van der Waals surface area contributed by atoms with E-state index in [1.54, 1.807) is 24.3 Å². The third kappa shape index (κ3) is 3.11. The highest BCUT2D eigenvalue weighted by molar-refractivity contribution is 5.46. The van der Waals surface area contributed by atoms with Gasteiger partial charge in [-0.2, -0.15) is 0 Å². The predicted octanol–water partition coefficient (Wildman–Crippen LogP) is 2.40. The Morgan fingerprint density at radius 2 is 1.86 bits per heavy atom. The molecule has 21 heavy (non-hydrogen) atoms. The van der Waals surface area contributed by atoms with Crippen molar-refractivity contribution < 1.29 is 14.8 Å². The number of nitro groups is 1. The summed E-state index contributed by atoms with van der Waals surface area (Å²) < 4.78 is 5.00. The Kier molecular flexibility index (Phi) is 4.39. The number of hydrogen-bond donors (Lipinski definition) is 2. The van der Waals surface area contributed by atoms with Gasteiger partial charge in [0.2, 0.25) is 0 Å². The molecule has 1 atom stereocenters. The zero-order valence-electron chi connectivity index (χ0n) is 11.5. The fourth-order valence-corrected chi connectivity index (χ4v) is 2.22. The van der Waals surface area contributed by atoms with Gasteiger partial charge in [-0.25, -0.2) is 0 Å². The fourth-order valence-electron chi connectivity index (χ4n) is 2.22. The van der Waals surface area contributed by atoms with Crippen molar-refractivity contribution in [2.24, 2.45) is 5.73 Å². The second-order valence-electron chi connectivity index (χ2n) is 4.57. The summed E-state index contributed by atoms with van der Waals surface area (Å²) in [4.78, 5) is 10.2. The number of nitrogens with zero attached hydrogens (tertiary/aromatic N) is 1. The molecule has 0 saturated heterocycles. The highest BCUT2D eigenvalue weighted by atomic mass is 16.6. The van der Waals surface area contributed by atoms with E-state index in [2.05, 4.69) is 0 Å². The number of aromatic hydroxyl groups is 1. The maximum Gasteiger partial charge on any atom is 0.269 e. The zero-order valence-corrected chi connectivity index (χ0v) is 11.5. The van der Waals surface area contributed by atoms with Gasteiger partial charge in [-0.3, -0.25) is 10.1 Å². The number of rotatable bonds is 5. The number of phenols is 1. The molecular weight excluding hydrogens is 272 g/mol. The number of non-ortho nitro benzene ring substituents is 1. The van der Waals surface area contributed by atoms with Crippen molar-refractivity contribution in [1.82, 2.24) is 0 Å². The van der Waals surface area contributed by atoms with Crippen molar-refractivity contribution in [2.45, 2.75) is 5.92 Å². The van der Waals surface area contributed by atoms with Gasteiger partial charge in [0.15, 0.2) is 11.5 Å². The molecule has 2 aromatic rings. The number of ether oxygens (including phenoxy) is 1. The molecule has 6 nitrogen and oxygen atoms in total. The van der Waals surface area contributed by atoms with Crippen LogP contribution >= 0.6 is 0 Å². The summed E-state index contributed by atoms with van der Waals surface area (Å²) in [6.45, 7) is 0.323. The molecule has 0 aliphatic heterocycles. The van der Waals surface area contributed by atoms with E-state index in [1.807, 2.05) is 6.07 Å². The van der Waals surface area contributed by atoms with Gasteiger partial charge in [0.1, 0.15) is 0 Å². The second-order valence-corrected chi connectivity index (χ2v) is 4.57. The van der Waals surface area contributed by atoms with Gasteiger partial charge in [-0.05, 0) is 23.3 Å². The van der Waals surface area contributed by atoms with Crippen molar-refractivity contribution in [1.29, 1.82) is 0 Å². The molecule has 0 radical (unpaired) electrons. The molecule has 0 fully saturated rings. The molecule has 0 aliphatic carbocycles. The first-order chi connectivity index (χ1) is 10.1. The maximum absolute atomic E-state index is 10.7. The highest BCUT2D eigenvalue weighted by Gasteiger charge is 2.16. The molecule has 0 aromatic heterocycles. The quantitative estimate of drug-likeness (QED) is 0.650. The van der Waals surface area contributed by atoms with Gasteiger partial charge in [0.05, 0.1) is 12.0 Å². The van der Waals surface area contributed by atoms with Crippen LogP contribution in [0.4, 0.5) is 5.69 Å². The largest absolute Gasteiger partial charge is 0.504 e. The van der Waals surface area contributed by atoms with Crippen LogP contribution in [0.3, 0.4) is 0 Å². The van der Waals surface area contributed by atoms with Crippen LogP contribution in [0, 0.1) is 10.1 Å². The average molecular weight is 288 g/mol. The summed E-state index contributed by atoms with van der Waals surface area (Å²) in [6, 6.07) is 11.3. The van der Waals surface area contributed by atoms with Crippen LogP contribution in [0.1, 0.15) is 17.0 Å². The number of phenolic OH excluding ortho intramolecular Hbond substituents is 1. The third-order valence-corrected chi connectivity index (χ3v) is 3.35. The van der Waals surface area contributed by atoms with E-state index in [1.165, 1.54) is 19.2 Å². The van der Waals surface area contributed by atoms with E-state index in [0.717, 1.165) is 11.1 Å². The van der Waals surface area contributed by atoms with Crippen molar-refractivity contribution in [3.05, 3.63) is 63.7 Å². The smallest absolute Gasteiger partial charge is 0.269 e. The number of hydrogen-bond acceptors (Lipinski definition) is 5. The molecule has 110 valence electrons.